The lowest BCUT2D eigenvalue weighted by Crippen LogP contribution is -2.39. The van der Waals surface area contributed by atoms with Gasteiger partial charge in [-0.3, -0.25) is 5.32 Å². The van der Waals surface area contributed by atoms with Crippen molar-refractivity contribution in [1.29, 1.82) is 0 Å². The van der Waals surface area contributed by atoms with Gasteiger partial charge in [-0.15, -0.1) is 0 Å². The molecule has 2 fully saturated rings. The highest BCUT2D eigenvalue weighted by atomic mass is 16.6. The molecule has 3 aromatic rings. The Hall–Kier alpha value is -3.97. The highest BCUT2D eigenvalue weighted by Crippen LogP contribution is 2.32. The number of rotatable bonds is 6. The number of aliphatic hydroxyl groups is 1. The van der Waals surface area contributed by atoms with E-state index in [4.69, 9.17) is 34.4 Å². The van der Waals surface area contributed by atoms with Crippen LogP contribution in [0.15, 0.2) is 30.5 Å². The maximum absolute atomic E-state index is 11.9. The lowest BCUT2D eigenvalue weighted by Gasteiger charge is -2.31. The quantitative estimate of drug-likeness (QED) is 0.492. The lowest BCUT2D eigenvalue weighted by atomic mass is 10.1. The average Bonchev–Trinajstić information content (AvgIpc) is 3.40. The molecule has 0 bridgehead atoms. The largest absolute Gasteiger partial charge is 0.453 e. The van der Waals surface area contributed by atoms with Crippen LogP contribution in [0, 0.1) is 0 Å². The SMILES string of the molecule is COC(=O)N1CCC(n2ncc3c(N4CCOCC4)nc(-c4ccc(NC(=O)OCCO)cc4)nc32)CC1. The first-order valence-electron chi connectivity index (χ1n) is 12.6. The van der Waals surface area contributed by atoms with Crippen LogP contribution in [0.25, 0.3) is 22.4 Å². The lowest BCUT2D eigenvalue weighted by molar-refractivity contribution is 0.106. The summed E-state index contributed by atoms with van der Waals surface area (Å²) in [5.74, 6) is 1.35. The Bertz CT molecular complexity index is 1270. The number of anilines is 2. The van der Waals surface area contributed by atoms with Crippen LogP contribution in [-0.4, -0.2) is 102 Å². The van der Waals surface area contributed by atoms with Crippen molar-refractivity contribution >= 4 is 34.7 Å². The van der Waals surface area contributed by atoms with Gasteiger partial charge in [0.2, 0.25) is 0 Å². The molecule has 0 spiro atoms. The molecule has 0 atom stereocenters. The fourth-order valence-corrected chi connectivity index (χ4v) is 4.74. The molecular formula is C25H31N7O6. The fraction of sp³-hybridized carbons (Fsp3) is 0.480. The summed E-state index contributed by atoms with van der Waals surface area (Å²) in [5, 5.41) is 17.0. The summed E-state index contributed by atoms with van der Waals surface area (Å²) in [5.41, 5.74) is 2.07. The predicted molar refractivity (Wildman–Crippen MR) is 138 cm³/mol. The third-order valence-corrected chi connectivity index (χ3v) is 6.70. The van der Waals surface area contributed by atoms with Crippen LogP contribution in [0.1, 0.15) is 18.9 Å². The van der Waals surface area contributed by atoms with Gasteiger partial charge in [0.05, 0.1) is 44.6 Å². The monoisotopic (exact) mass is 525 g/mol. The van der Waals surface area contributed by atoms with Crippen molar-refractivity contribution in [3.8, 4) is 11.4 Å². The first-order chi connectivity index (χ1) is 18.6. The highest BCUT2D eigenvalue weighted by molar-refractivity contribution is 5.89. The molecule has 202 valence electrons. The van der Waals surface area contributed by atoms with E-state index in [0.717, 1.165) is 35.3 Å². The number of fused-ring (bicyclic) bond motifs is 1. The smallest absolute Gasteiger partial charge is 0.411 e. The summed E-state index contributed by atoms with van der Waals surface area (Å²) in [6.07, 6.45) is 2.35. The summed E-state index contributed by atoms with van der Waals surface area (Å²) in [4.78, 5) is 37.5. The zero-order valence-electron chi connectivity index (χ0n) is 21.2. The predicted octanol–water partition coefficient (Wildman–Crippen LogP) is 2.27. The molecule has 2 aromatic heterocycles. The summed E-state index contributed by atoms with van der Waals surface area (Å²) in [7, 11) is 1.40. The fourth-order valence-electron chi connectivity index (χ4n) is 4.74. The van der Waals surface area contributed by atoms with Crippen LogP contribution in [-0.2, 0) is 14.2 Å². The first kappa shape index (κ1) is 25.7. The molecule has 38 heavy (non-hydrogen) atoms. The van der Waals surface area contributed by atoms with E-state index in [0.29, 0.717) is 50.9 Å². The van der Waals surface area contributed by atoms with Gasteiger partial charge in [0.25, 0.3) is 0 Å². The Morgan fingerprint density at radius 2 is 1.84 bits per heavy atom. The van der Waals surface area contributed by atoms with Crippen LogP contribution < -0.4 is 10.2 Å². The summed E-state index contributed by atoms with van der Waals surface area (Å²) < 4.78 is 17.2. The second-order valence-corrected chi connectivity index (χ2v) is 9.05. The van der Waals surface area contributed by atoms with Crippen molar-refractivity contribution < 1.29 is 28.9 Å². The molecule has 0 unspecified atom stereocenters. The Labute approximate surface area is 219 Å². The molecule has 13 nitrogen and oxygen atoms in total. The van der Waals surface area contributed by atoms with Crippen LogP contribution in [0.3, 0.4) is 0 Å². The van der Waals surface area contributed by atoms with Crippen molar-refractivity contribution in [2.24, 2.45) is 0 Å². The number of aromatic nitrogens is 4. The van der Waals surface area contributed by atoms with Crippen LogP contribution >= 0.6 is 0 Å². The van der Waals surface area contributed by atoms with E-state index in [1.807, 2.05) is 23.0 Å². The highest BCUT2D eigenvalue weighted by Gasteiger charge is 2.28. The molecule has 2 aliphatic heterocycles. The van der Waals surface area contributed by atoms with Gasteiger partial charge in [-0.25, -0.2) is 24.2 Å². The van der Waals surface area contributed by atoms with Crippen molar-refractivity contribution in [1.82, 2.24) is 24.6 Å². The number of hydrogen-bond donors (Lipinski definition) is 2. The van der Waals surface area contributed by atoms with Gasteiger partial charge in [0.1, 0.15) is 12.4 Å². The molecule has 2 aliphatic rings. The third-order valence-electron chi connectivity index (χ3n) is 6.70. The molecule has 0 saturated carbocycles. The Balaban J connectivity index is 1.45. The van der Waals surface area contributed by atoms with E-state index in [2.05, 4.69) is 10.2 Å². The topological polar surface area (TPSA) is 144 Å². The summed E-state index contributed by atoms with van der Waals surface area (Å²) in [6.45, 7) is 3.53. The van der Waals surface area contributed by atoms with Gasteiger partial charge < -0.3 is 29.1 Å². The minimum absolute atomic E-state index is 0.0719. The number of ether oxygens (including phenoxy) is 3. The van der Waals surface area contributed by atoms with E-state index < -0.39 is 6.09 Å². The normalized spacial score (nSPS) is 16.5. The number of likely N-dealkylation sites (tertiary alicyclic amines) is 1. The van der Waals surface area contributed by atoms with Crippen LogP contribution in [0.4, 0.5) is 21.1 Å². The molecule has 1 aromatic carbocycles. The number of morpholine rings is 1. The van der Waals surface area contributed by atoms with Gasteiger partial charge in [0, 0.05) is 37.4 Å². The van der Waals surface area contributed by atoms with Crippen molar-refractivity contribution in [2.75, 3.05) is 69.9 Å². The molecule has 5 rings (SSSR count). The molecule has 4 heterocycles. The Morgan fingerprint density at radius 1 is 1.11 bits per heavy atom. The summed E-state index contributed by atoms with van der Waals surface area (Å²) in [6, 6.07) is 7.25. The van der Waals surface area contributed by atoms with E-state index in [9.17, 15) is 9.59 Å². The number of nitrogens with one attached hydrogen (secondary N) is 1. The minimum Gasteiger partial charge on any atom is -0.453 e. The maximum Gasteiger partial charge on any atom is 0.411 e. The van der Waals surface area contributed by atoms with Crippen molar-refractivity contribution in [2.45, 2.75) is 18.9 Å². The van der Waals surface area contributed by atoms with E-state index in [-0.39, 0.29) is 25.3 Å². The first-order valence-corrected chi connectivity index (χ1v) is 12.6. The van der Waals surface area contributed by atoms with Crippen molar-refractivity contribution in [3.63, 3.8) is 0 Å². The number of carbonyl (C=O) groups excluding carboxylic acids is 2. The number of amides is 2. The number of aliphatic hydroxyl groups excluding tert-OH is 1. The molecule has 2 N–H and O–H groups in total. The molecule has 2 amide bonds. The van der Waals surface area contributed by atoms with Crippen molar-refractivity contribution in [3.05, 3.63) is 30.5 Å². The number of hydrogen-bond acceptors (Lipinski definition) is 10. The number of methoxy groups -OCH3 is 1. The Morgan fingerprint density at radius 3 is 2.53 bits per heavy atom. The number of carbonyl (C=O) groups is 2. The molecular weight excluding hydrogens is 494 g/mol. The minimum atomic E-state index is -0.638. The number of benzene rings is 1. The van der Waals surface area contributed by atoms with Gasteiger partial charge in [-0.05, 0) is 37.1 Å². The average molecular weight is 526 g/mol. The number of nitrogens with zero attached hydrogens (tertiary/aromatic N) is 6. The molecule has 0 aliphatic carbocycles. The second kappa shape index (κ2) is 11.6. The molecule has 2 saturated heterocycles. The van der Waals surface area contributed by atoms with E-state index in [1.54, 1.807) is 17.0 Å². The van der Waals surface area contributed by atoms with Gasteiger partial charge in [0.15, 0.2) is 11.5 Å². The molecule has 13 heteroatoms. The zero-order chi connectivity index (χ0) is 26.5. The third kappa shape index (κ3) is 5.48. The maximum atomic E-state index is 11.9. The second-order valence-electron chi connectivity index (χ2n) is 9.05. The van der Waals surface area contributed by atoms with E-state index in [1.165, 1.54) is 7.11 Å². The van der Waals surface area contributed by atoms with Crippen LogP contribution in [0.2, 0.25) is 0 Å². The van der Waals surface area contributed by atoms with Gasteiger partial charge in [-0.1, -0.05) is 0 Å². The van der Waals surface area contributed by atoms with Gasteiger partial charge >= 0.3 is 12.2 Å². The standard InChI is InChI=1S/C25H31N7O6/c1-36-25(35)31-8-6-19(7-9-31)32-23-20(16-26-32)22(30-10-13-37-14-11-30)28-21(29-23)17-2-4-18(5-3-17)27-24(34)38-15-12-33/h2-5,16,19,33H,6-15H2,1H3,(H,27,34). The Kier molecular flexibility index (Phi) is 7.84. The number of piperidine rings is 1. The van der Waals surface area contributed by atoms with E-state index >= 15 is 0 Å². The molecule has 0 radical (unpaired) electrons. The van der Waals surface area contributed by atoms with Gasteiger partial charge in [-0.2, -0.15) is 5.10 Å². The summed E-state index contributed by atoms with van der Waals surface area (Å²) >= 11 is 0. The zero-order valence-corrected chi connectivity index (χ0v) is 21.2. The van der Waals surface area contributed by atoms with Crippen LogP contribution in [0.5, 0.6) is 0 Å².